The number of carbonyl (C=O) groups excluding carboxylic acids is 2. The number of esters is 2. The number of allylic oxidation sites excluding steroid dienone is 1. The van der Waals surface area contributed by atoms with Gasteiger partial charge in [-0.2, -0.15) is 0 Å². The van der Waals surface area contributed by atoms with Gasteiger partial charge in [-0.15, -0.1) is 0 Å². The maximum Gasteiger partial charge on any atom is 0.334 e. The van der Waals surface area contributed by atoms with Crippen LogP contribution < -0.4 is 0 Å². The average molecular weight is 362 g/mol. The van der Waals surface area contributed by atoms with Crippen LogP contribution >= 0.6 is 0 Å². The molecule has 26 heavy (non-hydrogen) atoms. The molecule has 0 bridgehead atoms. The van der Waals surface area contributed by atoms with Crippen molar-refractivity contribution < 1.29 is 29.3 Å². The van der Waals surface area contributed by atoms with Gasteiger partial charge in [-0.1, -0.05) is 12.7 Å². The van der Waals surface area contributed by atoms with Crippen LogP contribution in [-0.2, 0) is 19.1 Å². The quantitative estimate of drug-likeness (QED) is 0.443. The lowest BCUT2D eigenvalue weighted by atomic mass is 9.86. The molecule has 5 unspecified atom stereocenters. The summed E-state index contributed by atoms with van der Waals surface area (Å²) in [5, 5.41) is 20.6. The largest absolute Gasteiger partial charge is 0.454 e. The Morgan fingerprint density at radius 2 is 1.85 bits per heavy atom. The van der Waals surface area contributed by atoms with Gasteiger partial charge in [-0.25, -0.2) is 9.59 Å². The van der Waals surface area contributed by atoms with E-state index in [4.69, 9.17) is 9.47 Å². The maximum atomic E-state index is 12.3. The van der Waals surface area contributed by atoms with Crippen molar-refractivity contribution in [1.82, 2.24) is 0 Å². The summed E-state index contributed by atoms with van der Waals surface area (Å²) in [5.41, 5.74) is 1.75. The number of carbonyl (C=O) groups is 2. The third-order valence-corrected chi connectivity index (χ3v) is 4.97. The minimum Gasteiger partial charge on any atom is -0.454 e. The smallest absolute Gasteiger partial charge is 0.334 e. The van der Waals surface area contributed by atoms with Gasteiger partial charge in [0.15, 0.2) is 0 Å². The second kappa shape index (κ2) is 8.01. The average Bonchev–Trinajstić information content (AvgIpc) is 2.86. The van der Waals surface area contributed by atoms with Gasteiger partial charge in [0.25, 0.3) is 0 Å². The molecule has 0 aromatic heterocycles. The predicted molar refractivity (Wildman–Crippen MR) is 96.0 cm³/mol. The van der Waals surface area contributed by atoms with Crippen LogP contribution in [0.2, 0.25) is 0 Å². The van der Waals surface area contributed by atoms with Gasteiger partial charge in [0, 0.05) is 17.6 Å². The minimum absolute atomic E-state index is 0.103. The lowest BCUT2D eigenvalue weighted by Crippen LogP contribution is -2.34. The number of aliphatic hydroxyl groups is 2. The van der Waals surface area contributed by atoms with Crippen LogP contribution in [0.15, 0.2) is 47.1 Å². The van der Waals surface area contributed by atoms with E-state index in [1.165, 1.54) is 0 Å². The van der Waals surface area contributed by atoms with E-state index in [1.807, 2.05) is 0 Å². The monoisotopic (exact) mass is 362 g/mol. The number of rotatable bonds is 2. The summed E-state index contributed by atoms with van der Waals surface area (Å²) in [4.78, 5) is 24.3. The van der Waals surface area contributed by atoms with Gasteiger partial charge in [0.1, 0.15) is 12.2 Å². The van der Waals surface area contributed by atoms with Gasteiger partial charge in [-0.3, -0.25) is 0 Å². The first-order valence-electron chi connectivity index (χ1n) is 8.62. The number of aliphatic hydroxyl groups excluding tert-OH is 2. The highest BCUT2D eigenvalue weighted by Crippen LogP contribution is 2.35. The highest BCUT2D eigenvalue weighted by molar-refractivity contribution is 5.92. The number of hydrogen-bond acceptors (Lipinski definition) is 6. The Bertz CT molecular complexity index is 699. The number of fused-ring (bicyclic) bond motifs is 1. The summed E-state index contributed by atoms with van der Waals surface area (Å²) in [6.45, 7) is 10.6. The summed E-state index contributed by atoms with van der Waals surface area (Å²) < 4.78 is 11.0. The Labute approximate surface area is 153 Å². The minimum atomic E-state index is -0.903. The molecule has 2 rings (SSSR count). The van der Waals surface area contributed by atoms with Crippen molar-refractivity contribution in [3.05, 3.63) is 47.1 Å². The summed E-state index contributed by atoms with van der Waals surface area (Å²) in [6.07, 6.45) is 1.68. The third-order valence-electron chi connectivity index (χ3n) is 4.97. The molecule has 142 valence electrons. The van der Waals surface area contributed by atoms with Gasteiger partial charge < -0.3 is 19.7 Å². The first-order chi connectivity index (χ1) is 12.1. The van der Waals surface area contributed by atoms with Crippen molar-refractivity contribution in [2.45, 2.75) is 58.5 Å². The van der Waals surface area contributed by atoms with Crippen molar-refractivity contribution in [3.63, 3.8) is 0 Å². The molecule has 2 aliphatic rings. The molecule has 0 aromatic rings. The number of hydrogen-bond donors (Lipinski definition) is 2. The highest BCUT2D eigenvalue weighted by Gasteiger charge is 2.44. The topological polar surface area (TPSA) is 93.1 Å². The molecule has 0 aromatic carbocycles. The number of ether oxygens (including phenoxy) is 2. The zero-order chi connectivity index (χ0) is 19.6. The van der Waals surface area contributed by atoms with E-state index in [1.54, 1.807) is 45.9 Å². The van der Waals surface area contributed by atoms with E-state index in [-0.39, 0.29) is 12.0 Å². The van der Waals surface area contributed by atoms with Gasteiger partial charge >= 0.3 is 11.9 Å². The van der Waals surface area contributed by atoms with E-state index < -0.39 is 42.3 Å². The fraction of sp³-hybridized carbons (Fsp3) is 0.500. The second-order valence-corrected chi connectivity index (χ2v) is 6.85. The molecule has 0 saturated carbocycles. The molecule has 1 aliphatic carbocycles. The van der Waals surface area contributed by atoms with Gasteiger partial charge in [-0.05, 0) is 51.0 Å². The highest BCUT2D eigenvalue weighted by atomic mass is 16.6. The summed E-state index contributed by atoms with van der Waals surface area (Å²) in [7, 11) is 0. The van der Waals surface area contributed by atoms with Crippen molar-refractivity contribution >= 4 is 11.9 Å². The Balaban J connectivity index is 2.50. The molecule has 0 amide bonds. The van der Waals surface area contributed by atoms with E-state index in [9.17, 15) is 19.8 Å². The summed E-state index contributed by atoms with van der Waals surface area (Å²) >= 11 is 0. The molecule has 1 fully saturated rings. The van der Waals surface area contributed by atoms with Crippen molar-refractivity contribution in [3.8, 4) is 0 Å². The normalized spacial score (nSPS) is 33.0. The molecular formula is C20H26O6. The van der Waals surface area contributed by atoms with Gasteiger partial charge in [0.05, 0.1) is 18.1 Å². The third kappa shape index (κ3) is 4.14. The SMILES string of the molecule is C=C1C(=O)OC2C=C(C)C(O)CC(O)C(C)=CC(OC(=O)C(C)=CC)C12. The van der Waals surface area contributed by atoms with Crippen molar-refractivity contribution in [2.24, 2.45) is 5.92 Å². The fourth-order valence-corrected chi connectivity index (χ4v) is 3.00. The lowest BCUT2D eigenvalue weighted by Gasteiger charge is -2.27. The zero-order valence-electron chi connectivity index (χ0n) is 15.6. The van der Waals surface area contributed by atoms with E-state index in [2.05, 4.69) is 6.58 Å². The Morgan fingerprint density at radius 3 is 2.42 bits per heavy atom. The van der Waals surface area contributed by atoms with E-state index in [0.29, 0.717) is 16.7 Å². The molecule has 5 atom stereocenters. The van der Waals surface area contributed by atoms with Crippen LogP contribution in [0.1, 0.15) is 34.1 Å². The first kappa shape index (κ1) is 20.1. The Morgan fingerprint density at radius 1 is 1.27 bits per heavy atom. The molecule has 1 aliphatic heterocycles. The van der Waals surface area contributed by atoms with Crippen LogP contribution in [0.5, 0.6) is 0 Å². The maximum absolute atomic E-state index is 12.3. The molecule has 2 N–H and O–H groups in total. The molecule has 6 heteroatoms. The Kier molecular flexibility index (Phi) is 6.21. The molecule has 0 spiro atoms. The summed E-state index contributed by atoms with van der Waals surface area (Å²) in [6, 6.07) is 0. The second-order valence-electron chi connectivity index (χ2n) is 6.85. The van der Waals surface area contributed by atoms with Crippen LogP contribution in [0.3, 0.4) is 0 Å². The molecule has 1 heterocycles. The van der Waals surface area contributed by atoms with E-state index in [0.717, 1.165) is 0 Å². The standard InChI is InChI=1S/C20H26O6/c1-6-10(2)19(23)25-16-7-11(3)14(21)9-15(22)12(4)8-17-18(16)13(5)20(24)26-17/h6-8,14-18,21-22H,5,9H2,1-4H3. The zero-order valence-corrected chi connectivity index (χ0v) is 15.6. The fourth-order valence-electron chi connectivity index (χ4n) is 3.00. The molecule has 6 nitrogen and oxygen atoms in total. The van der Waals surface area contributed by atoms with E-state index >= 15 is 0 Å². The Hall–Kier alpha value is -2.18. The van der Waals surface area contributed by atoms with Crippen LogP contribution in [-0.4, -0.2) is 46.6 Å². The van der Waals surface area contributed by atoms with Crippen LogP contribution in [0.4, 0.5) is 0 Å². The van der Waals surface area contributed by atoms with Crippen LogP contribution in [0, 0.1) is 5.92 Å². The predicted octanol–water partition coefficient (Wildman–Crippen LogP) is 1.98. The molecule has 0 radical (unpaired) electrons. The van der Waals surface area contributed by atoms with Crippen molar-refractivity contribution in [1.29, 1.82) is 0 Å². The summed E-state index contributed by atoms with van der Waals surface area (Å²) in [5.74, 6) is -1.70. The van der Waals surface area contributed by atoms with Crippen LogP contribution in [0.25, 0.3) is 0 Å². The first-order valence-corrected chi connectivity index (χ1v) is 8.62. The van der Waals surface area contributed by atoms with Crippen molar-refractivity contribution in [2.75, 3.05) is 0 Å². The molecule has 1 saturated heterocycles. The lowest BCUT2D eigenvalue weighted by molar-refractivity contribution is -0.144. The molecular weight excluding hydrogens is 336 g/mol. The van der Waals surface area contributed by atoms with Gasteiger partial charge in [0.2, 0.25) is 0 Å².